The van der Waals surface area contributed by atoms with Crippen molar-refractivity contribution >= 4 is 5.71 Å². The Bertz CT molecular complexity index is 357. The van der Waals surface area contributed by atoms with Gasteiger partial charge >= 0.3 is 0 Å². The third-order valence-corrected chi connectivity index (χ3v) is 2.74. The number of rotatable bonds is 6. The van der Waals surface area contributed by atoms with E-state index < -0.39 is 0 Å². The van der Waals surface area contributed by atoms with Gasteiger partial charge in [-0.2, -0.15) is 0 Å². The second kappa shape index (κ2) is 6.94. The van der Waals surface area contributed by atoms with Crippen LogP contribution < -0.4 is 4.74 Å². The summed E-state index contributed by atoms with van der Waals surface area (Å²) >= 11 is 0. The minimum atomic E-state index is 0.584. The van der Waals surface area contributed by atoms with E-state index in [9.17, 15) is 0 Å². The van der Waals surface area contributed by atoms with Crippen LogP contribution in [0.15, 0.2) is 29.4 Å². The topological polar surface area (TPSA) is 41.8 Å². The second-order valence-corrected chi connectivity index (χ2v) is 4.41. The summed E-state index contributed by atoms with van der Waals surface area (Å²) in [6, 6.07) is 7.61. The van der Waals surface area contributed by atoms with Crippen LogP contribution in [0, 0.1) is 5.92 Å². The van der Waals surface area contributed by atoms with Crippen molar-refractivity contribution in [1.29, 1.82) is 0 Å². The van der Waals surface area contributed by atoms with E-state index >= 15 is 0 Å². The highest BCUT2D eigenvalue weighted by Crippen LogP contribution is 2.15. The number of nitrogens with zero attached hydrogens (tertiary/aromatic N) is 1. The molecule has 1 unspecified atom stereocenters. The van der Waals surface area contributed by atoms with Crippen LogP contribution in [0.25, 0.3) is 0 Å². The Morgan fingerprint density at radius 1 is 1.35 bits per heavy atom. The van der Waals surface area contributed by atoms with Crippen molar-refractivity contribution in [1.82, 2.24) is 0 Å². The van der Waals surface area contributed by atoms with Gasteiger partial charge in [0.15, 0.2) is 0 Å². The lowest BCUT2D eigenvalue weighted by molar-refractivity contribution is 0.251. The summed E-state index contributed by atoms with van der Waals surface area (Å²) < 4.78 is 5.69. The highest BCUT2D eigenvalue weighted by atomic mass is 16.5. The second-order valence-electron chi connectivity index (χ2n) is 4.41. The summed E-state index contributed by atoms with van der Waals surface area (Å²) in [7, 11) is 0. The van der Waals surface area contributed by atoms with E-state index in [0.29, 0.717) is 11.6 Å². The highest BCUT2D eigenvalue weighted by molar-refractivity contribution is 5.98. The number of ether oxygens (including phenoxy) is 1. The summed E-state index contributed by atoms with van der Waals surface area (Å²) in [5, 5.41) is 11.8. The lowest BCUT2D eigenvalue weighted by Gasteiger charge is -2.12. The zero-order valence-corrected chi connectivity index (χ0v) is 10.8. The standard InChI is InChI=1S/C14H21NO2/c1-4-5-11(2)10-17-14-8-6-13(7-9-14)12(3)15-16/h6-9,11,16H,4-5,10H2,1-3H3. The molecule has 1 aromatic carbocycles. The number of hydrogen-bond acceptors (Lipinski definition) is 3. The molecule has 1 N–H and O–H groups in total. The van der Waals surface area contributed by atoms with Crippen molar-refractivity contribution in [2.24, 2.45) is 11.1 Å². The van der Waals surface area contributed by atoms with Gasteiger partial charge in [-0.3, -0.25) is 0 Å². The molecule has 1 aromatic rings. The molecular weight excluding hydrogens is 214 g/mol. The Morgan fingerprint density at radius 2 is 2.00 bits per heavy atom. The van der Waals surface area contributed by atoms with Crippen molar-refractivity contribution in [3.8, 4) is 5.75 Å². The molecule has 0 bridgehead atoms. The molecule has 3 heteroatoms. The third kappa shape index (κ3) is 4.47. The van der Waals surface area contributed by atoms with Crippen molar-refractivity contribution < 1.29 is 9.94 Å². The average molecular weight is 235 g/mol. The first-order chi connectivity index (χ1) is 8.17. The molecular formula is C14H21NO2. The van der Waals surface area contributed by atoms with Gasteiger partial charge in [0.05, 0.1) is 12.3 Å². The summed E-state index contributed by atoms with van der Waals surface area (Å²) in [5.74, 6) is 1.45. The molecule has 0 aliphatic heterocycles. The normalized spacial score (nSPS) is 13.5. The molecule has 1 atom stereocenters. The summed E-state index contributed by atoms with van der Waals surface area (Å²) in [4.78, 5) is 0. The minimum absolute atomic E-state index is 0.584. The fourth-order valence-corrected chi connectivity index (χ4v) is 1.66. The van der Waals surface area contributed by atoms with E-state index in [1.54, 1.807) is 6.92 Å². The fourth-order valence-electron chi connectivity index (χ4n) is 1.66. The Kier molecular flexibility index (Phi) is 5.53. The molecule has 0 aliphatic carbocycles. The Labute approximate surface area is 103 Å². The zero-order valence-electron chi connectivity index (χ0n) is 10.8. The molecule has 94 valence electrons. The number of oxime groups is 1. The van der Waals surface area contributed by atoms with Crippen LogP contribution in [0.4, 0.5) is 0 Å². The van der Waals surface area contributed by atoms with Gasteiger partial charge in [-0.05, 0) is 49.1 Å². The largest absolute Gasteiger partial charge is 0.493 e. The lowest BCUT2D eigenvalue weighted by atomic mass is 10.1. The molecule has 0 amide bonds. The van der Waals surface area contributed by atoms with Crippen molar-refractivity contribution in [3.05, 3.63) is 29.8 Å². The predicted octanol–water partition coefficient (Wildman–Crippen LogP) is 3.70. The van der Waals surface area contributed by atoms with Crippen LogP contribution in [-0.2, 0) is 0 Å². The summed E-state index contributed by atoms with van der Waals surface area (Å²) in [5.41, 5.74) is 1.51. The van der Waals surface area contributed by atoms with E-state index in [4.69, 9.17) is 9.94 Å². The van der Waals surface area contributed by atoms with Crippen molar-refractivity contribution in [3.63, 3.8) is 0 Å². The van der Waals surface area contributed by atoms with E-state index in [1.807, 2.05) is 24.3 Å². The van der Waals surface area contributed by atoms with Crippen LogP contribution in [0.3, 0.4) is 0 Å². The zero-order chi connectivity index (χ0) is 12.7. The van der Waals surface area contributed by atoms with Gasteiger partial charge in [0.2, 0.25) is 0 Å². The average Bonchev–Trinajstić information content (AvgIpc) is 2.36. The quantitative estimate of drug-likeness (QED) is 0.464. The van der Waals surface area contributed by atoms with E-state index in [0.717, 1.165) is 17.9 Å². The first-order valence-corrected chi connectivity index (χ1v) is 6.09. The molecule has 0 radical (unpaired) electrons. The summed E-state index contributed by atoms with van der Waals surface area (Å²) in [6.07, 6.45) is 2.38. The van der Waals surface area contributed by atoms with Crippen LogP contribution in [-0.4, -0.2) is 17.5 Å². The Hall–Kier alpha value is -1.51. The predicted molar refractivity (Wildman–Crippen MR) is 70.0 cm³/mol. The molecule has 0 aromatic heterocycles. The van der Waals surface area contributed by atoms with Gasteiger partial charge in [-0.15, -0.1) is 0 Å². The maximum Gasteiger partial charge on any atom is 0.119 e. The minimum Gasteiger partial charge on any atom is -0.493 e. The molecule has 17 heavy (non-hydrogen) atoms. The number of hydrogen-bond donors (Lipinski definition) is 1. The highest BCUT2D eigenvalue weighted by Gasteiger charge is 2.03. The van der Waals surface area contributed by atoms with Gasteiger partial charge in [-0.25, -0.2) is 0 Å². The summed E-state index contributed by atoms with van der Waals surface area (Å²) in [6.45, 7) is 6.89. The van der Waals surface area contributed by atoms with Crippen LogP contribution in [0.5, 0.6) is 5.75 Å². The first kappa shape index (κ1) is 13.6. The van der Waals surface area contributed by atoms with Crippen molar-refractivity contribution in [2.75, 3.05) is 6.61 Å². The molecule has 0 saturated heterocycles. The van der Waals surface area contributed by atoms with E-state index in [2.05, 4.69) is 19.0 Å². The van der Waals surface area contributed by atoms with Gasteiger partial charge < -0.3 is 9.94 Å². The van der Waals surface area contributed by atoms with Gasteiger partial charge in [0.1, 0.15) is 5.75 Å². The van der Waals surface area contributed by atoms with E-state index in [-0.39, 0.29) is 0 Å². The first-order valence-electron chi connectivity index (χ1n) is 6.09. The maximum absolute atomic E-state index is 8.65. The molecule has 0 spiro atoms. The van der Waals surface area contributed by atoms with Crippen LogP contribution in [0.1, 0.15) is 39.2 Å². The molecule has 0 fully saturated rings. The van der Waals surface area contributed by atoms with Crippen molar-refractivity contribution in [2.45, 2.75) is 33.6 Å². The smallest absolute Gasteiger partial charge is 0.119 e. The molecule has 3 nitrogen and oxygen atoms in total. The monoisotopic (exact) mass is 235 g/mol. The van der Waals surface area contributed by atoms with Crippen LogP contribution >= 0.6 is 0 Å². The number of benzene rings is 1. The lowest BCUT2D eigenvalue weighted by Crippen LogP contribution is -2.08. The third-order valence-electron chi connectivity index (χ3n) is 2.74. The van der Waals surface area contributed by atoms with Gasteiger partial charge in [0.25, 0.3) is 0 Å². The molecule has 0 aliphatic rings. The van der Waals surface area contributed by atoms with Crippen LogP contribution in [0.2, 0.25) is 0 Å². The molecule has 1 rings (SSSR count). The van der Waals surface area contributed by atoms with Gasteiger partial charge in [-0.1, -0.05) is 25.4 Å². The Morgan fingerprint density at radius 3 is 2.53 bits per heavy atom. The molecule has 0 heterocycles. The fraction of sp³-hybridized carbons (Fsp3) is 0.500. The Balaban J connectivity index is 2.51. The van der Waals surface area contributed by atoms with Gasteiger partial charge in [0, 0.05) is 0 Å². The maximum atomic E-state index is 8.65. The van der Waals surface area contributed by atoms with E-state index in [1.165, 1.54) is 12.8 Å². The SMILES string of the molecule is CCCC(C)COc1ccc(C(C)=NO)cc1. The molecule has 0 saturated carbocycles.